The summed E-state index contributed by atoms with van der Waals surface area (Å²) in [6, 6.07) is 10.8. The molecule has 2 aromatic heterocycles. The second kappa shape index (κ2) is 4.55. The highest BCUT2D eigenvalue weighted by Crippen LogP contribution is 2.34. The summed E-state index contributed by atoms with van der Waals surface area (Å²) in [5.41, 5.74) is 2.32. The minimum absolute atomic E-state index is 0.0862. The van der Waals surface area contributed by atoms with Gasteiger partial charge in [-0.15, -0.1) is 5.10 Å². The summed E-state index contributed by atoms with van der Waals surface area (Å²) in [7, 11) is 0. The van der Waals surface area contributed by atoms with Gasteiger partial charge in [-0.2, -0.15) is 0 Å². The lowest BCUT2D eigenvalue weighted by Crippen LogP contribution is -2.25. The van der Waals surface area contributed by atoms with Crippen LogP contribution >= 0.6 is 0 Å². The zero-order valence-corrected chi connectivity index (χ0v) is 11.7. The van der Waals surface area contributed by atoms with Gasteiger partial charge in [0.05, 0.1) is 11.4 Å². The second-order valence-electron chi connectivity index (χ2n) is 5.37. The zero-order valence-electron chi connectivity index (χ0n) is 11.7. The Labute approximate surface area is 121 Å². The van der Waals surface area contributed by atoms with Crippen LogP contribution < -0.4 is 5.32 Å². The van der Waals surface area contributed by atoms with Crippen LogP contribution in [0.15, 0.2) is 36.4 Å². The van der Waals surface area contributed by atoms with E-state index in [1.54, 1.807) is 6.07 Å². The number of nitrogens with one attached hydrogen (secondary N) is 1. The molecule has 5 heteroatoms. The van der Waals surface area contributed by atoms with Crippen molar-refractivity contribution in [2.45, 2.75) is 19.4 Å². The number of anilines is 1. The second-order valence-corrected chi connectivity index (χ2v) is 5.37. The molecular formula is C16H15FN4. The molecule has 0 saturated carbocycles. The molecule has 0 fully saturated rings. The molecule has 1 aromatic carbocycles. The molecule has 4 rings (SSSR count). The first-order chi connectivity index (χ1) is 10.2. The van der Waals surface area contributed by atoms with Gasteiger partial charge in [0.1, 0.15) is 11.6 Å². The Morgan fingerprint density at radius 1 is 1.24 bits per heavy atom. The van der Waals surface area contributed by atoms with Gasteiger partial charge in [-0.25, -0.2) is 14.1 Å². The summed E-state index contributed by atoms with van der Waals surface area (Å²) in [6.07, 6.45) is 0.806. The molecule has 1 aliphatic rings. The number of hydrogen-bond donors (Lipinski definition) is 1. The third-order valence-corrected chi connectivity index (χ3v) is 3.97. The predicted octanol–water partition coefficient (Wildman–Crippen LogP) is 3.28. The number of aromatic nitrogens is 3. The number of hydrogen-bond acceptors (Lipinski definition) is 3. The lowest BCUT2D eigenvalue weighted by atomic mass is 10.0. The number of nitrogens with zero attached hydrogens (tertiary/aromatic N) is 3. The smallest absolute Gasteiger partial charge is 0.183 e. The third kappa shape index (κ3) is 1.88. The summed E-state index contributed by atoms with van der Waals surface area (Å²) in [6.45, 7) is 2.74. The summed E-state index contributed by atoms with van der Waals surface area (Å²) in [4.78, 5) is 4.47. The van der Waals surface area contributed by atoms with Gasteiger partial charge in [0.25, 0.3) is 0 Å². The van der Waals surface area contributed by atoms with E-state index in [2.05, 4.69) is 15.4 Å². The van der Waals surface area contributed by atoms with Crippen molar-refractivity contribution in [2.24, 2.45) is 0 Å². The number of fused-ring (bicyclic) bond motifs is 3. The van der Waals surface area contributed by atoms with Gasteiger partial charge in [-0.1, -0.05) is 18.2 Å². The molecular weight excluding hydrogens is 267 g/mol. The highest BCUT2D eigenvalue weighted by molar-refractivity contribution is 5.88. The molecule has 1 unspecified atom stereocenters. The topological polar surface area (TPSA) is 42.7 Å². The maximum atomic E-state index is 14.1. The largest absolute Gasteiger partial charge is 0.370 e. The zero-order chi connectivity index (χ0) is 14.4. The van der Waals surface area contributed by atoms with Crippen LogP contribution in [-0.4, -0.2) is 21.3 Å². The van der Waals surface area contributed by atoms with Crippen LogP contribution in [0.2, 0.25) is 0 Å². The molecule has 4 nitrogen and oxygen atoms in total. The monoisotopic (exact) mass is 282 g/mol. The molecule has 0 aliphatic carbocycles. The van der Waals surface area contributed by atoms with Crippen LogP contribution in [0, 0.1) is 12.7 Å². The summed E-state index contributed by atoms with van der Waals surface area (Å²) >= 11 is 0. The number of benzene rings is 1. The Kier molecular flexibility index (Phi) is 2.67. The van der Waals surface area contributed by atoms with Crippen LogP contribution in [0.5, 0.6) is 0 Å². The van der Waals surface area contributed by atoms with Crippen molar-refractivity contribution in [2.75, 3.05) is 11.9 Å². The van der Waals surface area contributed by atoms with E-state index >= 15 is 0 Å². The molecule has 0 amide bonds. The summed E-state index contributed by atoms with van der Waals surface area (Å²) < 4.78 is 16.0. The highest BCUT2D eigenvalue weighted by atomic mass is 19.1. The normalized spacial score (nSPS) is 17.5. The average Bonchev–Trinajstić information content (AvgIpc) is 2.85. The Bertz CT molecular complexity index is 824. The van der Waals surface area contributed by atoms with Gasteiger partial charge in [-0.05, 0) is 31.5 Å². The molecule has 21 heavy (non-hydrogen) atoms. The van der Waals surface area contributed by atoms with Crippen molar-refractivity contribution in [3.63, 3.8) is 0 Å². The van der Waals surface area contributed by atoms with Crippen LogP contribution in [0.3, 0.4) is 0 Å². The van der Waals surface area contributed by atoms with Gasteiger partial charge in [0.2, 0.25) is 0 Å². The summed E-state index contributed by atoms with van der Waals surface area (Å²) in [5, 5.41) is 8.94. The highest BCUT2D eigenvalue weighted by Gasteiger charge is 2.26. The van der Waals surface area contributed by atoms with E-state index in [4.69, 9.17) is 0 Å². The summed E-state index contributed by atoms with van der Waals surface area (Å²) in [5.74, 6) is 0.746. The Morgan fingerprint density at radius 2 is 2.10 bits per heavy atom. The van der Waals surface area contributed by atoms with Crippen LogP contribution in [0.25, 0.3) is 11.0 Å². The average molecular weight is 282 g/mol. The fourth-order valence-electron chi connectivity index (χ4n) is 2.96. The fourth-order valence-corrected chi connectivity index (χ4v) is 2.96. The molecule has 3 aromatic rings. The maximum Gasteiger partial charge on any atom is 0.183 e. The van der Waals surface area contributed by atoms with E-state index in [9.17, 15) is 4.39 Å². The van der Waals surface area contributed by atoms with Gasteiger partial charge < -0.3 is 5.32 Å². The van der Waals surface area contributed by atoms with Crippen molar-refractivity contribution < 1.29 is 4.39 Å². The van der Waals surface area contributed by atoms with Crippen LogP contribution in [-0.2, 0) is 0 Å². The quantitative estimate of drug-likeness (QED) is 0.745. The first kappa shape index (κ1) is 12.3. The van der Waals surface area contributed by atoms with E-state index in [1.165, 1.54) is 6.07 Å². The Hall–Kier alpha value is -2.43. The lowest BCUT2D eigenvalue weighted by Gasteiger charge is -2.26. The van der Waals surface area contributed by atoms with Gasteiger partial charge in [0, 0.05) is 17.8 Å². The van der Waals surface area contributed by atoms with E-state index in [0.717, 1.165) is 29.9 Å². The molecule has 0 bridgehead atoms. The van der Waals surface area contributed by atoms with E-state index in [1.807, 2.05) is 35.9 Å². The number of pyridine rings is 1. The molecule has 1 atom stereocenters. The molecule has 0 spiro atoms. The predicted molar refractivity (Wildman–Crippen MR) is 79.9 cm³/mol. The van der Waals surface area contributed by atoms with Crippen molar-refractivity contribution in [1.82, 2.24) is 14.8 Å². The third-order valence-electron chi connectivity index (χ3n) is 3.97. The van der Waals surface area contributed by atoms with Crippen LogP contribution in [0.1, 0.15) is 23.7 Å². The van der Waals surface area contributed by atoms with E-state index in [0.29, 0.717) is 11.2 Å². The van der Waals surface area contributed by atoms with Crippen molar-refractivity contribution in [3.8, 4) is 0 Å². The van der Waals surface area contributed by atoms with Gasteiger partial charge in [0.15, 0.2) is 5.65 Å². The molecule has 0 saturated heterocycles. The lowest BCUT2D eigenvalue weighted by molar-refractivity contribution is 0.461. The Balaban J connectivity index is 1.92. The van der Waals surface area contributed by atoms with Crippen molar-refractivity contribution >= 4 is 16.9 Å². The molecule has 0 radical (unpaired) electrons. The molecule has 1 N–H and O–H groups in total. The van der Waals surface area contributed by atoms with Crippen LogP contribution in [0.4, 0.5) is 10.2 Å². The number of aryl methyl sites for hydroxylation is 1. The first-order valence-corrected chi connectivity index (χ1v) is 7.08. The Morgan fingerprint density at radius 3 is 2.95 bits per heavy atom. The van der Waals surface area contributed by atoms with Gasteiger partial charge >= 0.3 is 0 Å². The van der Waals surface area contributed by atoms with E-state index < -0.39 is 0 Å². The number of rotatable bonds is 1. The van der Waals surface area contributed by atoms with Crippen molar-refractivity contribution in [1.29, 1.82) is 0 Å². The molecule has 106 valence electrons. The first-order valence-electron chi connectivity index (χ1n) is 7.08. The maximum absolute atomic E-state index is 14.1. The van der Waals surface area contributed by atoms with Gasteiger partial charge in [-0.3, -0.25) is 0 Å². The minimum Gasteiger partial charge on any atom is -0.370 e. The van der Waals surface area contributed by atoms with E-state index in [-0.39, 0.29) is 11.9 Å². The number of halogens is 1. The SMILES string of the molecule is Cc1ccc2c3n(nc2n1)C(c1ccccc1F)CCN3. The van der Waals surface area contributed by atoms with Crippen molar-refractivity contribution in [3.05, 3.63) is 53.5 Å². The fraction of sp³-hybridized carbons (Fsp3) is 0.250. The molecule has 1 aliphatic heterocycles. The minimum atomic E-state index is -0.181. The standard InChI is InChI=1S/C16H15FN4/c1-10-6-7-12-15(19-10)20-21-14(8-9-18-16(12)21)11-4-2-3-5-13(11)17/h2-7,14,18H,8-9H2,1H3. The molecule has 3 heterocycles.